The van der Waals surface area contributed by atoms with E-state index in [1.54, 1.807) is 37.4 Å². The SMILES string of the molecule is COc1ccc(OCCNC(=O)CCCN(c2ccccc2-c2ccccc2)S(C)(=O)=O)cc1. The van der Waals surface area contributed by atoms with Crippen LogP contribution in [0.25, 0.3) is 11.1 Å². The van der Waals surface area contributed by atoms with Crippen molar-refractivity contribution in [2.45, 2.75) is 12.8 Å². The van der Waals surface area contributed by atoms with Crippen LogP contribution in [0.2, 0.25) is 0 Å². The van der Waals surface area contributed by atoms with Crippen LogP contribution >= 0.6 is 0 Å². The van der Waals surface area contributed by atoms with E-state index in [9.17, 15) is 13.2 Å². The Bertz CT molecular complexity index is 1170. The molecule has 0 aliphatic heterocycles. The monoisotopic (exact) mass is 482 g/mol. The minimum absolute atomic E-state index is 0.150. The molecule has 3 aromatic rings. The smallest absolute Gasteiger partial charge is 0.232 e. The normalized spacial score (nSPS) is 11.0. The van der Waals surface area contributed by atoms with Gasteiger partial charge in [0.05, 0.1) is 25.6 Å². The van der Waals surface area contributed by atoms with Crippen LogP contribution in [0.1, 0.15) is 12.8 Å². The van der Waals surface area contributed by atoms with Gasteiger partial charge in [0.1, 0.15) is 18.1 Å². The minimum atomic E-state index is -3.53. The molecule has 180 valence electrons. The second-order valence-electron chi connectivity index (χ2n) is 7.70. The zero-order valence-corrected chi connectivity index (χ0v) is 20.3. The molecule has 0 spiro atoms. The van der Waals surface area contributed by atoms with Crippen LogP contribution in [-0.4, -0.2) is 47.4 Å². The predicted molar refractivity (Wildman–Crippen MR) is 135 cm³/mol. The highest BCUT2D eigenvalue weighted by Crippen LogP contribution is 2.32. The second-order valence-corrected chi connectivity index (χ2v) is 9.60. The van der Waals surface area contributed by atoms with Crippen molar-refractivity contribution in [2.24, 2.45) is 0 Å². The van der Waals surface area contributed by atoms with Gasteiger partial charge in [-0.1, -0.05) is 48.5 Å². The first kappa shape index (κ1) is 25.1. The fraction of sp³-hybridized carbons (Fsp3) is 0.269. The van der Waals surface area contributed by atoms with Crippen molar-refractivity contribution in [1.29, 1.82) is 0 Å². The molecule has 7 nitrogen and oxygen atoms in total. The van der Waals surface area contributed by atoms with Gasteiger partial charge in [0.15, 0.2) is 0 Å². The maximum absolute atomic E-state index is 12.6. The molecular formula is C26H30N2O5S. The van der Waals surface area contributed by atoms with Crippen molar-refractivity contribution < 1.29 is 22.7 Å². The summed E-state index contributed by atoms with van der Waals surface area (Å²) in [7, 11) is -1.93. The molecular weight excluding hydrogens is 452 g/mol. The van der Waals surface area contributed by atoms with Gasteiger partial charge in [0, 0.05) is 18.5 Å². The Labute approximate surface area is 201 Å². The van der Waals surface area contributed by atoms with Crippen molar-refractivity contribution in [3.05, 3.63) is 78.9 Å². The van der Waals surface area contributed by atoms with Gasteiger partial charge in [-0.2, -0.15) is 0 Å². The highest BCUT2D eigenvalue weighted by Gasteiger charge is 2.20. The number of anilines is 1. The molecule has 0 radical (unpaired) electrons. The number of carbonyl (C=O) groups excluding carboxylic acids is 1. The topological polar surface area (TPSA) is 84.9 Å². The van der Waals surface area contributed by atoms with Crippen LogP contribution in [-0.2, 0) is 14.8 Å². The van der Waals surface area contributed by atoms with E-state index in [0.29, 0.717) is 31.0 Å². The van der Waals surface area contributed by atoms with E-state index >= 15 is 0 Å². The molecule has 0 bridgehead atoms. The maximum atomic E-state index is 12.6. The number of methoxy groups -OCH3 is 1. The molecule has 0 saturated carbocycles. The first-order chi connectivity index (χ1) is 16.4. The summed E-state index contributed by atoms with van der Waals surface area (Å²) in [5.41, 5.74) is 2.36. The molecule has 0 aromatic heterocycles. The quantitative estimate of drug-likeness (QED) is 0.393. The Balaban J connectivity index is 1.52. The first-order valence-electron chi connectivity index (χ1n) is 11.0. The van der Waals surface area contributed by atoms with Crippen LogP contribution in [0, 0.1) is 0 Å². The Morgan fingerprint density at radius 2 is 1.56 bits per heavy atom. The lowest BCUT2D eigenvalue weighted by Gasteiger charge is -2.25. The molecule has 0 fully saturated rings. The number of hydrogen-bond acceptors (Lipinski definition) is 5. The summed E-state index contributed by atoms with van der Waals surface area (Å²) >= 11 is 0. The van der Waals surface area contributed by atoms with Gasteiger partial charge in [-0.15, -0.1) is 0 Å². The molecule has 0 aliphatic carbocycles. The molecule has 3 aromatic carbocycles. The number of nitrogens with zero attached hydrogens (tertiary/aromatic N) is 1. The third kappa shape index (κ3) is 7.25. The van der Waals surface area contributed by atoms with Crippen molar-refractivity contribution >= 4 is 21.6 Å². The summed E-state index contributed by atoms with van der Waals surface area (Å²) in [6, 6.07) is 24.2. The maximum Gasteiger partial charge on any atom is 0.232 e. The standard InChI is InChI=1S/C26H30N2O5S/c1-32-22-14-16-23(17-15-22)33-20-18-27-26(29)13-8-19-28(34(2,30)31)25-12-7-6-11-24(25)21-9-4-3-5-10-21/h3-7,9-12,14-17H,8,13,18-20H2,1-2H3,(H,27,29). The number of benzene rings is 3. The molecule has 8 heteroatoms. The average Bonchev–Trinajstić information content (AvgIpc) is 2.85. The molecule has 1 amide bonds. The summed E-state index contributed by atoms with van der Waals surface area (Å²) in [5.74, 6) is 1.29. The Kier molecular flexibility index (Phi) is 8.93. The lowest BCUT2D eigenvalue weighted by atomic mass is 10.0. The van der Waals surface area contributed by atoms with E-state index in [2.05, 4.69) is 5.32 Å². The summed E-state index contributed by atoms with van der Waals surface area (Å²) in [6.45, 7) is 0.897. The first-order valence-corrected chi connectivity index (χ1v) is 12.9. The minimum Gasteiger partial charge on any atom is -0.497 e. The number of sulfonamides is 1. The van der Waals surface area contributed by atoms with Crippen molar-refractivity contribution in [1.82, 2.24) is 5.32 Å². The summed E-state index contributed by atoms with van der Waals surface area (Å²) in [6.07, 6.45) is 1.79. The third-order valence-electron chi connectivity index (χ3n) is 5.18. The number of carbonyl (C=O) groups is 1. The number of hydrogen-bond donors (Lipinski definition) is 1. The summed E-state index contributed by atoms with van der Waals surface area (Å²) in [4.78, 5) is 12.2. The largest absolute Gasteiger partial charge is 0.497 e. The molecule has 0 unspecified atom stereocenters. The highest BCUT2D eigenvalue weighted by atomic mass is 32.2. The summed E-state index contributed by atoms with van der Waals surface area (Å²) < 4.78 is 37.2. The molecule has 1 N–H and O–H groups in total. The number of amides is 1. The zero-order valence-electron chi connectivity index (χ0n) is 19.4. The fourth-order valence-electron chi connectivity index (χ4n) is 3.52. The molecule has 34 heavy (non-hydrogen) atoms. The highest BCUT2D eigenvalue weighted by molar-refractivity contribution is 7.92. The van der Waals surface area contributed by atoms with Gasteiger partial charge >= 0.3 is 0 Å². The Morgan fingerprint density at radius 3 is 2.24 bits per heavy atom. The van der Waals surface area contributed by atoms with E-state index in [-0.39, 0.29) is 18.9 Å². The average molecular weight is 483 g/mol. The number of rotatable bonds is 12. The van der Waals surface area contributed by atoms with Gasteiger partial charge in [-0.3, -0.25) is 9.10 Å². The van der Waals surface area contributed by atoms with Gasteiger partial charge < -0.3 is 14.8 Å². The van der Waals surface area contributed by atoms with Crippen molar-refractivity contribution in [2.75, 3.05) is 37.4 Å². The number of ether oxygens (including phenoxy) is 2. The van der Waals surface area contributed by atoms with Crippen molar-refractivity contribution in [3.8, 4) is 22.6 Å². The van der Waals surface area contributed by atoms with Crippen LogP contribution in [0.5, 0.6) is 11.5 Å². The van der Waals surface area contributed by atoms with E-state index in [1.165, 1.54) is 10.6 Å². The van der Waals surface area contributed by atoms with Crippen LogP contribution in [0.4, 0.5) is 5.69 Å². The van der Waals surface area contributed by atoms with Gasteiger partial charge in [0.2, 0.25) is 15.9 Å². The van der Waals surface area contributed by atoms with E-state index in [1.807, 2.05) is 48.5 Å². The molecule has 0 heterocycles. The fourth-order valence-corrected chi connectivity index (χ4v) is 4.50. The van der Waals surface area contributed by atoms with Crippen LogP contribution in [0.3, 0.4) is 0 Å². The zero-order chi connectivity index (χ0) is 24.4. The molecule has 3 rings (SSSR count). The lowest BCUT2D eigenvalue weighted by Crippen LogP contribution is -2.33. The van der Waals surface area contributed by atoms with E-state index in [4.69, 9.17) is 9.47 Å². The van der Waals surface area contributed by atoms with Gasteiger partial charge in [-0.25, -0.2) is 8.42 Å². The number of nitrogens with one attached hydrogen (secondary N) is 1. The number of para-hydroxylation sites is 1. The van der Waals surface area contributed by atoms with Crippen LogP contribution in [0.15, 0.2) is 78.9 Å². The Morgan fingerprint density at radius 1 is 0.912 bits per heavy atom. The van der Waals surface area contributed by atoms with E-state index in [0.717, 1.165) is 16.9 Å². The third-order valence-corrected chi connectivity index (χ3v) is 6.36. The van der Waals surface area contributed by atoms with Crippen molar-refractivity contribution in [3.63, 3.8) is 0 Å². The molecule has 0 aliphatic rings. The Hall–Kier alpha value is -3.52. The lowest BCUT2D eigenvalue weighted by molar-refractivity contribution is -0.121. The summed E-state index contributed by atoms with van der Waals surface area (Å²) in [5, 5.41) is 2.81. The molecule has 0 atom stereocenters. The second kappa shape index (κ2) is 12.1. The molecule has 0 saturated heterocycles. The predicted octanol–water partition coefficient (Wildman–Crippen LogP) is 4.10. The van der Waals surface area contributed by atoms with E-state index < -0.39 is 10.0 Å². The van der Waals surface area contributed by atoms with Crippen LogP contribution < -0.4 is 19.1 Å². The van der Waals surface area contributed by atoms with Gasteiger partial charge in [0.25, 0.3) is 0 Å². The van der Waals surface area contributed by atoms with Gasteiger partial charge in [-0.05, 0) is 42.3 Å².